The number of halogens is 2. The largest absolute Gasteiger partial charge is 0.349 e. The van der Waals surface area contributed by atoms with E-state index in [9.17, 15) is 13.6 Å². The second-order valence-corrected chi connectivity index (χ2v) is 8.63. The van der Waals surface area contributed by atoms with Crippen molar-refractivity contribution in [3.05, 3.63) is 54.0 Å². The maximum Gasteiger partial charge on any atom is 0.280 e. The summed E-state index contributed by atoms with van der Waals surface area (Å²) in [6.07, 6.45) is 5.61. The molecule has 8 nitrogen and oxygen atoms in total. The molecule has 6 rings (SSSR count). The molecule has 2 aliphatic rings. The number of aryl methyl sites for hydroxylation is 1. The number of rotatable bonds is 3. The molecule has 4 aromatic rings. The average Bonchev–Trinajstić information content (AvgIpc) is 3.49. The fourth-order valence-electron chi connectivity index (χ4n) is 5.46. The van der Waals surface area contributed by atoms with E-state index in [0.29, 0.717) is 11.4 Å². The normalized spacial score (nSPS) is 21.0. The molecule has 3 atom stereocenters. The topological polar surface area (TPSA) is 81.2 Å². The molecule has 2 bridgehead atoms. The Kier molecular flexibility index (Phi) is 8.02. The van der Waals surface area contributed by atoms with Crippen molar-refractivity contribution < 1.29 is 13.6 Å². The Labute approximate surface area is 221 Å². The minimum absolute atomic E-state index is 0. The number of carbonyl (C=O) groups is 1. The smallest absolute Gasteiger partial charge is 0.280 e. The first-order valence-electron chi connectivity index (χ1n) is 10.7. The van der Waals surface area contributed by atoms with Crippen molar-refractivity contribution in [3.8, 4) is 0 Å². The quantitative estimate of drug-likeness (QED) is 0.395. The van der Waals surface area contributed by atoms with Gasteiger partial charge in [0.2, 0.25) is 0 Å². The fourth-order valence-corrected chi connectivity index (χ4v) is 5.46. The van der Waals surface area contributed by atoms with Crippen LogP contribution in [0.15, 0.2) is 36.9 Å². The van der Waals surface area contributed by atoms with Crippen LogP contribution >= 0.6 is 40.5 Å². The van der Waals surface area contributed by atoms with Crippen molar-refractivity contribution in [2.75, 3.05) is 0 Å². The summed E-state index contributed by atoms with van der Waals surface area (Å²) in [5, 5.41) is 5.19. The molecule has 188 valence electrons. The summed E-state index contributed by atoms with van der Waals surface area (Å²) in [6.45, 7) is 0. The third-order valence-electron chi connectivity index (χ3n) is 6.95. The van der Waals surface area contributed by atoms with Crippen molar-refractivity contribution in [1.29, 1.82) is 0 Å². The lowest BCUT2D eigenvalue weighted by Gasteiger charge is -2.40. The second kappa shape index (κ2) is 10.3. The van der Waals surface area contributed by atoms with Gasteiger partial charge in [0, 0.05) is 36.6 Å². The number of carbonyl (C=O) groups excluding carboxylic acids is 1. The highest BCUT2D eigenvalue weighted by Crippen LogP contribution is 2.45. The van der Waals surface area contributed by atoms with Gasteiger partial charge >= 0.3 is 0 Å². The van der Waals surface area contributed by atoms with Crippen molar-refractivity contribution in [2.24, 2.45) is 7.05 Å². The van der Waals surface area contributed by atoms with Gasteiger partial charge in [-0.05, 0) is 43.9 Å². The van der Waals surface area contributed by atoms with Crippen LogP contribution in [0.2, 0.25) is 0 Å². The number of hydrogen-bond donors (Lipinski definition) is 0. The highest BCUT2D eigenvalue weighted by molar-refractivity contribution is 7.59. The van der Waals surface area contributed by atoms with E-state index in [2.05, 4.69) is 20.1 Å². The molecule has 6 heterocycles. The summed E-state index contributed by atoms with van der Waals surface area (Å²) in [4.78, 5) is 27.9. The van der Waals surface area contributed by atoms with Crippen LogP contribution in [-0.4, -0.2) is 52.0 Å². The molecule has 0 aliphatic carbocycles. The van der Waals surface area contributed by atoms with Crippen LogP contribution < -0.4 is 0 Å². The molecule has 2 saturated heterocycles. The zero-order valence-electron chi connectivity index (χ0n) is 18.9. The van der Waals surface area contributed by atoms with Crippen molar-refractivity contribution in [1.82, 2.24) is 34.0 Å². The summed E-state index contributed by atoms with van der Waals surface area (Å²) in [7, 11) is 1.94. The maximum absolute atomic E-state index is 13.6. The van der Waals surface area contributed by atoms with Crippen LogP contribution in [0, 0.1) is 0 Å². The summed E-state index contributed by atoms with van der Waals surface area (Å²) < 4.78 is 30.5. The Hall–Kier alpha value is -2.38. The first-order valence-corrected chi connectivity index (χ1v) is 10.7. The Bertz CT molecular complexity index is 1360. The molecule has 0 N–H and O–H groups in total. The minimum atomic E-state index is -2.70. The van der Waals surface area contributed by atoms with E-state index in [1.165, 1.54) is 16.9 Å². The van der Waals surface area contributed by atoms with E-state index in [-0.39, 0.29) is 75.9 Å². The first-order chi connectivity index (χ1) is 15.5. The van der Waals surface area contributed by atoms with Gasteiger partial charge in [-0.15, -0.1) is 0 Å². The number of alkyl halides is 2. The van der Waals surface area contributed by atoms with E-state index in [4.69, 9.17) is 0 Å². The molecule has 0 radical (unpaired) electrons. The number of fused-ring (bicyclic) bond motifs is 4. The van der Waals surface area contributed by atoms with Gasteiger partial charge in [-0.25, -0.2) is 23.3 Å². The van der Waals surface area contributed by atoms with Crippen molar-refractivity contribution in [3.63, 3.8) is 0 Å². The lowest BCUT2D eigenvalue weighted by molar-refractivity contribution is 0.0548. The number of piperidine rings is 1. The summed E-state index contributed by atoms with van der Waals surface area (Å²) in [5.74, 6) is -0.0687. The van der Waals surface area contributed by atoms with Crippen LogP contribution in [0.3, 0.4) is 0 Å². The summed E-state index contributed by atoms with van der Waals surface area (Å²) >= 11 is 0. The second-order valence-electron chi connectivity index (χ2n) is 8.63. The molecule has 0 unspecified atom stereocenters. The highest BCUT2D eigenvalue weighted by atomic mass is 32.1. The average molecular weight is 540 g/mol. The fraction of sp³-hybridized carbons (Fsp3) is 0.409. The van der Waals surface area contributed by atoms with Crippen molar-refractivity contribution >= 4 is 63.1 Å². The zero-order chi connectivity index (χ0) is 22.0. The van der Waals surface area contributed by atoms with Crippen LogP contribution in [0.25, 0.3) is 16.7 Å². The Balaban J connectivity index is 0.00000114. The van der Waals surface area contributed by atoms with Gasteiger partial charge in [0.25, 0.3) is 18.1 Å². The molecule has 0 saturated carbocycles. The molecule has 0 aromatic carbocycles. The third kappa shape index (κ3) is 4.38. The Morgan fingerprint density at radius 1 is 1.09 bits per heavy atom. The number of pyridine rings is 1. The van der Waals surface area contributed by atoms with Gasteiger partial charge in [0.15, 0.2) is 0 Å². The number of aromatic nitrogens is 6. The van der Waals surface area contributed by atoms with Gasteiger partial charge in [-0.2, -0.15) is 50.6 Å². The first kappa shape index (κ1) is 27.2. The predicted octanol–water partition coefficient (Wildman–Crippen LogP) is 3.84. The Morgan fingerprint density at radius 3 is 2.63 bits per heavy atom. The van der Waals surface area contributed by atoms with E-state index in [1.807, 2.05) is 34.8 Å². The summed E-state index contributed by atoms with van der Waals surface area (Å²) in [6, 6.07) is 5.25. The third-order valence-corrected chi connectivity index (χ3v) is 6.95. The van der Waals surface area contributed by atoms with Crippen molar-refractivity contribution in [2.45, 2.75) is 50.1 Å². The predicted molar refractivity (Wildman–Crippen MR) is 143 cm³/mol. The van der Waals surface area contributed by atoms with Gasteiger partial charge < -0.3 is 9.47 Å². The molecule has 4 aromatic heterocycles. The van der Waals surface area contributed by atoms with Crippen LogP contribution in [0.4, 0.5) is 8.78 Å². The lowest BCUT2D eigenvalue weighted by Crippen LogP contribution is -2.48. The summed E-state index contributed by atoms with van der Waals surface area (Å²) in [5.41, 5.74) is 1.70. The molecular weight excluding hydrogens is 512 g/mol. The van der Waals surface area contributed by atoms with Crippen LogP contribution in [0.5, 0.6) is 0 Å². The van der Waals surface area contributed by atoms with E-state index in [0.717, 1.165) is 36.6 Å². The van der Waals surface area contributed by atoms with Gasteiger partial charge in [0.1, 0.15) is 17.7 Å². The Morgan fingerprint density at radius 2 is 1.86 bits per heavy atom. The number of amides is 1. The molecule has 35 heavy (non-hydrogen) atoms. The molecular formula is C22H27F2N7OS3. The van der Waals surface area contributed by atoms with Crippen LogP contribution in [-0.2, 0) is 7.05 Å². The molecule has 0 spiro atoms. The van der Waals surface area contributed by atoms with Gasteiger partial charge in [-0.3, -0.25) is 4.79 Å². The maximum atomic E-state index is 13.6. The number of hydrogen-bond acceptors (Lipinski definition) is 5. The molecule has 1 amide bonds. The number of nitrogens with zero attached hydrogens (tertiary/aromatic N) is 7. The SMILES string of the molecule is Cn1ccc2cc(C(=O)N3[C@H]4CC[C@H](c5cc(C(F)F)nc6ncnn56)[C@@H]3CC4)ncc21.S.S.S. The van der Waals surface area contributed by atoms with E-state index >= 15 is 0 Å². The minimum Gasteiger partial charge on any atom is -0.349 e. The standard InChI is InChI=1S/C22H21F2N7O.3H2S/c1-29-7-6-12-8-16(25-10-19(12)29)21(32)30-13-2-4-14(17(30)5-3-13)18-9-15(20(23)24)28-22-26-11-27-31(18)22;;;/h6-11,13-14,17,20H,2-5H2,1H3;3*1H2/t13-,14-,17-;;;/m0.../s1. The molecule has 2 aliphatic heterocycles. The lowest BCUT2D eigenvalue weighted by atomic mass is 9.86. The molecule has 13 heteroatoms. The van der Waals surface area contributed by atoms with Crippen LogP contribution in [0.1, 0.15) is 59.9 Å². The highest BCUT2D eigenvalue weighted by Gasteiger charge is 2.46. The van der Waals surface area contributed by atoms with Gasteiger partial charge in [0.05, 0.1) is 17.4 Å². The van der Waals surface area contributed by atoms with E-state index < -0.39 is 6.43 Å². The van der Waals surface area contributed by atoms with E-state index in [1.54, 1.807) is 6.20 Å². The van der Waals surface area contributed by atoms with Gasteiger partial charge in [-0.1, -0.05) is 0 Å². The monoisotopic (exact) mass is 539 g/mol. The zero-order valence-corrected chi connectivity index (χ0v) is 21.9. The molecule has 2 fully saturated rings.